The molecule has 6 heteroatoms. The maximum atomic E-state index is 12.5. The van der Waals surface area contributed by atoms with Crippen molar-refractivity contribution in [2.45, 2.75) is 52.6 Å². The van der Waals surface area contributed by atoms with E-state index in [0.717, 1.165) is 29.9 Å². The van der Waals surface area contributed by atoms with Crippen molar-refractivity contribution >= 4 is 35.0 Å². The van der Waals surface area contributed by atoms with Crippen LogP contribution in [0.15, 0.2) is 84.9 Å². The third-order valence-electron chi connectivity index (χ3n) is 8.22. The third kappa shape index (κ3) is 7.79. The summed E-state index contributed by atoms with van der Waals surface area (Å²) in [6.07, 6.45) is 6.66. The van der Waals surface area contributed by atoms with E-state index in [1.54, 1.807) is 17.9 Å². The Morgan fingerprint density at radius 3 is 1.98 bits per heavy atom. The lowest BCUT2D eigenvalue weighted by Crippen LogP contribution is -2.50. The quantitative estimate of drug-likeness (QED) is 0.150. The molecule has 0 aromatic heterocycles. The fraction of sp³-hybridized carbons (Fsp3) is 0.368. The summed E-state index contributed by atoms with van der Waals surface area (Å²) in [5.74, 6) is 0.177. The Kier molecular flexibility index (Phi) is 9.89. The van der Waals surface area contributed by atoms with Gasteiger partial charge in [-0.25, -0.2) is 9.59 Å². The summed E-state index contributed by atoms with van der Waals surface area (Å²) in [6.45, 7) is 10.7. The lowest BCUT2D eigenvalue weighted by molar-refractivity contribution is -0.137. The van der Waals surface area contributed by atoms with Crippen molar-refractivity contribution in [3.05, 3.63) is 107 Å². The van der Waals surface area contributed by atoms with Crippen molar-refractivity contribution in [3.63, 3.8) is 0 Å². The molecule has 2 fully saturated rings. The molecule has 0 N–H and O–H groups in total. The predicted octanol–water partition coefficient (Wildman–Crippen LogP) is 8.08. The molecule has 3 aromatic rings. The molecular weight excluding hydrogens is 548 g/mol. The Bertz CT molecular complexity index is 1470. The van der Waals surface area contributed by atoms with Crippen LogP contribution in [0, 0.1) is 5.92 Å². The summed E-state index contributed by atoms with van der Waals surface area (Å²) in [5, 5.41) is 0. The number of piperazine rings is 1. The van der Waals surface area contributed by atoms with Crippen LogP contribution in [-0.4, -0.2) is 55.3 Å². The number of hydrogen-bond donors (Lipinski definition) is 0. The highest BCUT2D eigenvalue weighted by atomic mass is 16.6. The van der Waals surface area contributed by atoms with Crippen molar-refractivity contribution in [2.24, 2.45) is 5.92 Å². The molecule has 5 rings (SSSR count). The Morgan fingerprint density at radius 1 is 0.818 bits per heavy atom. The average Bonchev–Trinajstić information content (AvgIpc) is 2.99. The molecule has 0 radical (unpaired) electrons. The molecule has 1 aliphatic heterocycles. The van der Waals surface area contributed by atoms with Gasteiger partial charge in [-0.15, -0.1) is 0 Å². The molecule has 44 heavy (non-hydrogen) atoms. The molecule has 2 aliphatic rings. The van der Waals surface area contributed by atoms with Gasteiger partial charge in [-0.1, -0.05) is 73.2 Å². The highest BCUT2D eigenvalue weighted by molar-refractivity contribution is 6.00. The molecule has 0 atom stereocenters. The molecular formula is C38H44N2O4. The van der Waals surface area contributed by atoms with Crippen LogP contribution in [0.4, 0.5) is 10.5 Å². The van der Waals surface area contributed by atoms with Crippen LogP contribution in [-0.2, 0) is 14.3 Å². The molecule has 1 saturated heterocycles. The first-order valence-electron chi connectivity index (χ1n) is 15.8. The summed E-state index contributed by atoms with van der Waals surface area (Å²) in [4.78, 5) is 28.5. The normalized spacial score (nSPS) is 16.4. The van der Waals surface area contributed by atoms with Gasteiger partial charge in [-0.05, 0) is 98.1 Å². The SMILES string of the molecule is CCOC(=O)/C=C/c1ccc(/C(=C(\c2ccccc2)C2CCC2)c2ccc(N3CCN(C(=O)OC(C)(C)C)CC3)cc2)cc1. The largest absolute Gasteiger partial charge is 0.463 e. The number of nitrogens with zero attached hydrogens (tertiary/aromatic N) is 2. The Balaban J connectivity index is 1.43. The summed E-state index contributed by atoms with van der Waals surface area (Å²) in [7, 11) is 0. The fourth-order valence-corrected chi connectivity index (χ4v) is 5.80. The number of hydrogen-bond acceptors (Lipinski definition) is 5. The highest BCUT2D eigenvalue weighted by Crippen LogP contribution is 2.45. The van der Waals surface area contributed by atoms with Crippen LogP contribution in [0.25, 0.3) is 17.2 Å². The number of anilines is 1. The maximum Gasteiger partial charge on any atom is 0.410 e. The van der Waals surface area contributed by atoms with Crippen molar-refractivity contribution in [1.29, 1.82) is 0 Å². The van der Waals surface area contributed by atoms with Gasteiger partial charge in [0, 0.05) is 37.9 Å². The highest BCUT2D eigenvalue weighted by Gasteiger charge is 2.28. The van der Waals surface area contributed by atoms with Gasteiger partial charge in [0.05, 0.1) is 6.61 Å². The first-order chi connectivity index (χ1) is 21.2. The summed E-state index contributed by atoms with van der Waals surface area (Å²) in [6, 6.07) is 28.1. The molecule has 0 unspecified atom stereocenters. The van der Waals surface area contributed by atoms with Gasteiger partial charge in [0.2, 0.25) is 0 Å². The molecule has 230 valence electrons. The number of carbonyl (C=O) groups is 2. The number of rotatable bonds is 8. The molecule has 1 aliphatic carbocycles. The first-order valence-corrected chi connectivity index (χ1v) is 15.8. The van der Waals surface area contributed by atoms with Gasteiger partial charge in [0.25, 0.3) is 0 Å². The third-order valence-corrected chi connectivity index (χ3v) is 8.22. The lowest BCUT2D eigenvalue weighted by atomic mass is 9.73. The van der Waals surface area contributed by atoms with Gasteiger partial charge < -0.3 is 19.3 Å². The number of carbonyl (C=O) groups excluding carboxylic acids is 2. The zero-order chi connectivity index (χ0) is 31.1. The van der Waals surface area contributed by atoms with E-state index >= 15 is 0 Å². The molecule has 0 bridgehead atoms. The minimum absolute atomic E-state index is 0.242. The molecule has 6 nitrogen and oxygen atoms in total. The zero-order valence-corrected chi connectivity index (χ0v) is 26.4. The van der Waals surface area contributed by atoms with E-state index < -0.39 is 5.60 Å². The summed E-state index contributed by atoms with van der Waals surface area (Å²) < 4.78 is 10.6. The van der Waals surface area contributed by atoms with Crippen LogP contribution in [0.1, 0.15) is 69.2 Å². The van der Waals surface area contributed by atoms with E-state index in [1.165, 1.54) is 47.6 Å². The second-order valence-electron chi connectivity index (χ2n) is 12.5. The molecule has 3 aromatic carbocycles. The minimum atomic E-state index is -0.493. The molecule has 1 heterocycles. The number of benzene rings is 3. The number of allylic oxidation sites excluding steroid dienone is 1. The van der Waals surface area contributed by atoms with E-state index in [9.17, 15) is 9.59 Å². The molecule has 1 amide bonds. The van der Waals surface area contributed by atoms with Crippen molar-refractivity contribution in [2.75, 3.05) is 37.7 Å². The smallest absolute Gasteiger partial charge is 0.410 e. The van der Waals surface area contributed by atoms with E-state index in [1.807, 2.05) is 20.8 Å². The van der Waals surface area contributed by atoms with Crippen LogP contribution < -0.4 is 4.90 Å². The Morgan fingerprint density at radius 2 is 1.43 bits per heavy atom. The number of esters is 1. The van der Waals surface area contributed by atoms with E-state index in [-0.39, 0.29) is 12.1 Å². The summed E-state index contributed by atoms with van der Waals surface area (Å²) >= 11 is 0. The van der Waals surface area contributed by atoms with E-state index in [4.69, 9.17) is 9.47 Å². The van der Waals surface area contributed by atoms with Gasteiger partial charge in [0.15, 0.2) is 0 Å². The van der Waals surface area contributed by atoms with Crippen molar-refractivity contribution in [3.8, 4) is 0 Å². The Labute approximate surface area is 262 Å². The minimum Gasteiger partial charge on any atom is -0.463 e. The van der Waals surface area contributed by atoms with E-state index in [2.05, 4.69) is 83.8 Å². The first kappa shape index (κ1) is 31.1. The van der Waals surface area contributed by atoms with E-state index in [0.29, 0.717) is 25.6 Å². The monoisotopic (exact) mass is 592 g/mol. The van der Waals surface area contributed by atoms with Gasteiger partial charge in [-0.3, -0.25) is 0 Å². The maximum absolute atomic E-state index is 12.5. The zero-order valence-electron chi connectivity index (χ0n) is 26.4. The van der Waals surface area contributed by atoms with Crippen molar-refractivity contribution < 1.29 is 19.1 Å². The van der Waals surface area contributed by atoms with Gasteiger partial charge >= 0.3 is 12.1 Å². The predicted molar refractivity (Wildman–Crippen MR) is 178 cm³/mol. The van der Waals surface area contributed by atoms with Crippen LogP contribution in [0.2, 0.25) is 0 Å². The topological polar surface area (TPSA) is 59.1 Å². The van der Waals surface area contributed by atoms with Crippen LogP contribution in [0.3, 0.4) is 0 Å². The van der Waals surface area contributed by atoms with Gasteiger partial charge in [0.1, 0.15) is 5.60 Å². The number of amides is 1. The average molecular weight is 593 g/mol. The standard InChI is InChI=1S/C38H44N2O4/c1-5-43-34(41)23-16-28-14-17-31(18-15-28)36(35(30-12-9-13-30)29-10-7-6-8-11-29)32-19-21-33(22-20-32)39-24-26-40(27-25-39)37(42)44-38(2,3)4/h6-8,10-11,14-23,30H,5,9,12-13,24-27H2,1-4H3/b23-16+,36-35-. The van der Waals surface area contributed by atoms with Crippen molar-refractivity contribution in [1.82, 2.24) is 4.90 Å². The fourth-order valence-electron chi connectivity index (χ4n) is 5.80. The second-order valence-corrected chi connectivity index (χ2v) is 12.5. The summed E-state index contributed by atoms with van der Waals surface area (Å²) in [5.41, 5.74) is 7.86. The molecule has 0 spiro atoms. The van der Waals surface area contributed by atoms with Gasteiger partial charge in [-0.2, -0.15) is 0 Å². The lowest BCUT2D eigenvalue weighted by Gasteiger charge is -2.37. The van der Waals surface area contributed by atoms with Crippen LogP contribution >= 0.6 is 0 Å². The number of ether oxygens (including phenoxy) is 2. The van der Waals surface area contributed by atoms with Crippen LogP contribution in [0.5, 0.6) is 0 Å². The molecule has 1 saturated carbocycles. The second kappa shape index (κ2) is 14.0. The Hall–Kier alpha value is -4.32.